The van der Waals surface area contributed by atoms with Crippen LogP contribution in [-0.4, -0.2) is 36.2 Å². The smallest absolute Gasteiger partial charge is 0.232 e. The Morgan fingerprint density at radius 1 is 1.06 bits per heavy atom. The number of pyridine rings is 1. The average molecular weight is 486 g/mol. The molecule has 4 rings (SSSR count). The second-order valence-electron chi connectivity index (χ2n) is 7.35. The van der Waals surface area contributed by atoms with Gasteiger partial charge in [-0.1, -0.05) is 19.1 Å². The summed E-state index contributed by atoms with van der Waals surface area (Å²) < 4.78 is 61.2. The van der Waals surface area contributed by atoms with Crippen molar-refractivity contribution in [1.29, 1.82) is 0 Å². The summed E-state index contributed by atoms with van der Waals surface area (Å²) in [6.45, 7) is 1.68. The van der Waals surface area contributed by atoms with Crippen molar-refractivity contribution in [3.8, 4) is 17.1 Å². The number of anilines is 3. The summed E-state index contributed by atoms with van der Waals surface area (Å²) in [7, 11) is -2.25. The summed E-state index contributed by atoms with van der Waals surface area (Å²) in [6, 6.07) is 12.6. The summed E-state index contributed by atoms with van der Waals surface area (Å²) in [5.41, 5.74) is 0.968. The highest BCUT2D eigenvalue weighted by Crippen LogP contribution is 2.32. The fraction of sp³-hybridized carbons (Fsp3) is 0.174. The van der Waals surface area contributed by atoms with Gasteiger partial charge in [0, 0.05) is 17.0 Å². The lowest BCUT2D eigenvalue weighted by molar-refractivity contribution is 0.398. The van der Waals surface area contributed by atoms with Crippen LogP contribution < -0.4 is 14.8 Å². The van der Waals surface area contributed by atoms with Crippen LogP contribution in [0.25, 0.3) is 22.2 Å². The Kier molecular flexibility index (Phi) is 6.55. The third kappa shape index (κ3) is 4.88. The minimum Gasteiger partial charge on any atom is -0.481 e. The van der Waals surface area contributed by atoms with Crippen LogP contribution in [0.3, 0.4) is 0 Å². The molecule has 0 fully saturated rings. The molecule has 0 unspecified atom stereocenters. The van der Waals surface area contributed by atoms with Crippen molar-refractivity contribution in [1.82, 2.24) is 15.0 Å². The zero-order valence-corrected chi connectivity index (χ0v) is 19.2. The summed E-state index contributed by atoms with van der Waals surface area (Å²) in [5.74, 6) is -1.61. The van der Waals surface area contributed by atoms with Crippen LogP contribution >= 0.6 is 0 Å². The molecule has 0 aliphatic carbocycles. The Morgan fingerprint density at radius 2 is 1.88 bits per heavy atom. The number of methoxy groups -OCH3 is 1. The van der Waals surface area contributed by atoms with Crippen molar-refractivity contribution in [3.63, 3.8) is 0 Å². The number of hydrogen-bond acceptors (Lipinski definition) is 7. The second kappa shape index (κ2) is 9.56. The highest BCUT2D eigenvalue weighted by molar-refractivity contribution is 7.92. The van der Waals surface area contributed by atoms with Gasteiger partial charge in [0.2, 0.25) is 15.9 Å². The fourth-order valence-electron chi connectivity index (χ4n) is 3.36. The van der Waals surface area contributed by atoms with Gasteiger partial charge in [-0.05, 0) is 36.8 Å². The van der Waals surface area contributed by atoms with E-state index in [1.807, 2.05) is 6.07 Å². The van der Waals surface area contributed by atoms with Gasteiger partial charge >= 0.3 is 0 Å². The van der Waals surface area contributed by atoms with Gasteiger partial charge in [-0.2, -0.15) is 0 Å². The number of nitrogens with zero attached hydrogens (tertiary/aromatic N) is 3. The molecule has 8 nitrogen and oxygen atoms in total. The molecule has 0 saturated carbocycles. The van der Waals surface area contributed by atoms with Crippen LogP contribution in [0.5, 0.6) is 5.88 Å². The summed E-state index contributed by atoms with van der Waals surface area (Å²) in [4.78, 5) is 12.8. The number of aromatic nitrogens is 3. The van der Waals surface area contributed by atoms with Gasteiger partial charge < -0.3 is 10.1 Å². The van der Waals surface area contributed by atoms with Gasteiger partial charge in [0.1, 0.15) is 23.6 Å². The van der Waals surface area contributed by atoms with Crippen molar-refractivity contribution in [3.05, 3.63) is 66.5 Å². The molecule has 0 amide bonds. The molecule has 11 heteroatoms. The zero-order chi connectivity index (χ0) is 24.3. The maximum absolute atomic E-state index is 15.1. The SMILES string of the molecule is CCCS(=O)(=O)Nc1ccc(F)c(Nc2ncnc3ccc(-c4cccc(OC)n4)cc23)c1F. The minimum atomic E-state index is -3.77. The van der Waals surface area contributed by atoms with Crippen LogP contribution in [0.2, 0.25) is 0 Å². The molecule has 2 aromatic carbocycles. The molecular weight excluding hydrogens is 464 g/mol. The van der Waals surface area contributed by atoms with E-state index in [9.17, 15) is 12.8 Å². The van der Waals surface area contributed by atoms with E-state index >= 15 is 4.39 Å². The summed E-state index contributed by atoms with van der Waals surface area (Å²) in [5, 5.41) is 3.15. The molecule has 2 heterocycles. The number of benzene rings is 2. The minimum absolute atomic E-state index is 0.140. The fourth-order valence-corrected chi connectivity index (χ4v) is 4.49. The number of nitrogens with one attached hydrogen (secondary N) is 2. The molecule has 0 atom stereocenters. The van der Waals surface area contributed by atoms with Gasteiger partial charge in [-0.15, -0.1) is 0 Å². The first-order chi connectivity index (χ1) is 16.3. The summed E-state index contributed by atoms with van der Waals surface area (Å²) in [6.07, 6.45) is 1.61. The molecule has 2 aromatic heterocycles. The van der Waals surface area contributed by atoms with Gasteiger partial charge in [0.25, 0.3) is 0 Å². The maximum Gasteiger partial charge on any atom is 0.232 e. The topological polar surface area (TPSA) is 106 Å². The highest BCUT2D eigenvalue weighted by Gasteiger charge is 2.19. The Morgan fingerprint density at radius 3 is 2.65 bits per heavy atom. The largest absolute Gasteiger partial charge is 0.481 e. The molecule has 0 aliphatic heterocycles. The van der Waals surface area contributed by atoms with Gasteiger partial charge in [-0.3, -0.25) is 4.72 Å². The third-order valence-corrected chi connectivity index (χ3v) is 6.41. The molecular formula is C23H21F2N5O3S. The molecule has 0 saturated heterocycles. The van der Waals surface area contributed by atoms with E-state index in [1.54, 1.807) is 37.3 Å². The molecule has 34 heavy (non-hydrogen) atoms. The van der Waals surface area contributed by atoms with Crippen LogP contribution in [0.4, 0.5) is 26.0 Å². The Bertz CT molecular complexity index is 1460. The maximum atomic E-state index is 15.1. The lowest BCUT2D eigenvalue weighted by Crippen LogP contribution is -2.17. The van der Waals surface area contributed by atoms with Gasteiger partial charge in [0.15, 0.2) is 5.82 Å². The molecule has 0 radical (unpaired) electrons. The van der Waals surface area contributed by atoms with Gasteiger partial charge in [0.05, 0.1) is 29.8 Å². The van der Waals surface area contributed by atoms with Crippen molar-refractivity contribution >= 4 is 38.1 Å². The van der Waals surface area contributed by atoms with Crippen molar-refractivity contribution < 1.29 is 21.9 Å². The first-order valence-electron chi connectivity index (χ1n) is 10.3. The first kappa shape index (κ1) is 23.3. The average Bonchev–Trinajstić information content (AvgIpc) is 2.83. The van der Waals surface area contributed by atoms with E-state index in [1.165, 1.54) is 13.4 Å². The standard InChI is InChI=1S/C23H21F2N5O3S/c1-3-11-34(31,32)30-19-10-8-16(24)22(21(19)25)29-23-15-12-14(7-9-18(15)26-13-27-23)17-5-4-6-20(28-17)33-2/h4-10,12-13,30H,3,11H2,1-2H3,(H,26,27,29). The van der Waals surface area contributed by atoms with E-state index in [-0.39, 0.29) is 17.3 Å². The monoisotopic (exact) mass is 485 g/mol. The van der Waals surface area contributed by atoms with Crippen LogP contribution in [0, 0.1) is 11.6 Å². The number of hydrogen-bond donors (Lipinski definition) is 2. The van der Waals surface area contributed by atoms with Crippen LogP contribution in [0.15, 0.2) is 54.9 Å². The lowest BCUT2D eigenvalue weighted by Gasteiger charge is -2.14. The number of ether oxygens (including phenoxy) is 1. The first-order valence-corrected chi connectivity index (χ1v) is 12.0. The van der Waals surface area contributed by atoms with E-state index < -0.39 is 27.3 Å². The second-order valence-corrected chi connectivity index (χ2v) is 9.19. The van der Waals surface area contributed by atoms with Crippen molar-refractivity contribution in [2.24, 2.45) is 0 Å². The van der Waals surface area contributed by atoms with Gasteiger partial charge in [-0.25, -0.2) is 32.2 Å². The Balaban J connectivity index is 1.75. The number of sulfonamides is 1. The Labute approximate surface area is 195 Å². The van der Waals surface area contributed by atoms with E-state index in [0.29, 0.717) is 34.5 Å². The summed E-state index contributed by atoms with van der Waals surface area (Å²) >= 11 is 0. The molecule has 176 valence electrons. The van der Waals surface area contributed by atoms with E-state index in [0.717, 1.165) is 12.1 Å². The number of fused-ring (bicyclic) bond motifs is 1. The Hall–Kier alpha value is -3.86. The van der Waals surface area contributed by atoms with Crippen molar-refractivity contribution in [2.45, 2.75) is 13.3 Å². The molecule has 0 spiro atoms. The molecule has 0 bridgehead atoms. The normalized spacial score (nSPS) is 11.4. The number of halogens is 2. The molecule has 0 aliphatic rings. The van der Waals surface area contributed by atoms with Crippen LogP contribution in [-0.2, 0) is 10.0 Å². The zero-order valence-electron chi connectivity index (χ0n) is 18.3. The molecule has 4 aromatic rings. The predicted octanol–water partition coefficient (Wildman–Crippen LogP) is 4.87. The molecule has 2 N–H and O–H groups in total. The predicted molar refractivity (Wildman–Crippen MR) is 127 cm³/mol. The number of rotatable bonds is 8. The van der Waals surface area contributed by atoms with Crippen LogP contribution in [0.1, 0.15) is 13.3 Å². The third-order valence-electron chi connectivity index (χ3n) is 4.94. The van der Waals surface area contributed by atoms with E-state index in [2.05, 4.69) is 25.0 Å². The van der Waals surface area contributed by atoms with Crippen molar-refractivity contribution in [2.75, 3.05) is 22.9 Å². The highest BCUT2D eigenvalue weighted by atomic mass is 32.2. The quantitative estimate of drug-likeness (QED) is 0.367. The lowest BCUT2D eigenvalue weighted by atomic mass is 10.1. The van der Waals surface area contributed by atoms with E-state index in [4.69, 9.17) is 4.74 Å².